The van der Waals surface area contributed by atoms with Gasteiger partial charge in [0.15, 0.2) is 6.10 Å². The number of likely N-dealkylation sites (N-methyl/N-ethyl adjacent to an activating group) is 1. The minimum Gasteiger partial charge on any atom is -0.478 e. The van der Waals surface area contributed by atoms with Crippen LogP contribution in [0.25, 0.3) is 0 Å². The van der Waals surface area contributed by atoms with E-state index in [4.69, 9.17) is 4.74 Å². The number of urea groups is 1. The second kappa shape index (κ2) is 8.86. The van der Waals surface area contributed by atoms with Crippen LogP contribution in [0.1, 0.15) is 12.0 Å². The van der Waals surface area contributed by atoms with Gasteiger partial charge in [0.25, 0.3) is 11.8 Å². The number of piperazine rings is 1. The maximum atomic E-state index is 14.3. The summed E-state index contributed by atoms with van der Waals surface area (Å²) in [7, 11) is 2.05. The molecule has 0 radical (unpaired) electrons. The number of aliphatic imine (C=N–C) groups is 1. The van der Waals surface area contributed by atoms with E-state index >= 15 is 0 Å². The molecule has 0 bridgehead atoms. The monoisotopic (exact) mass is 465 g/mol. The normalized spacial score (nSPS) is 20.4. The van der Waals surface area contributed by atoms with Crippen LogP contribution in [-0.2, 0) is 16.0 Å². The molecule has 1 unspecified atom stereocenters. The summed E-state index contributed by atoms with van der Waals surface area (Å²) in [5, 5.41) is 2.82. The lowest BCUT2D eigenvalue weighted by Crippen LogP contribution is -2.45. The number of amides is 4. The molecule has 0 saturated carbocycles. The maximum Gasteiger partial charge on any atom is 0.355 e. The SMILES string of the molecule is CN1CCN(c2cc(F)cc3c2OC(C(=O)Nc2ccc(N4C(=O)C=NC4=O)cc2)CC3)CC1. The highest BCUT2D eigenvalue weighted by Gasteiger charge is 2.31. The predicted molar refractivity (Wildman–Crippen MR) is 125 cm³/mol. The van der Waals surface area contributed by atoms with Gasteiger partial charge in [0, 0.05) is 37.9 Å². The molecule has 1 fully saturated rings. The van der Waals surface area contributed by atoms with Crippen molar-refractivity contribution in [3.05, 3.63) is 47.8 Å². The molecular weight excluding hydrogens is 441 g/mol. The van der Waals surface area contributed by atoms with Crippen LogP contribution in [0.2, 0.25) is 0 Å². The molecule has 176 valence electrons. The average molecular weight is 465 g/mol. The van der Waals surface area contributed by atoms with Crippen LogP contribution in [0, 0.1) is 5.82 Å². The number of nitrogens with zero attached hydrogens (tertiary/aromatic N) is 4. The first-order valence-corrected chi connectivity index (χ1v) is 11.1. The number of aryl methyl sites for hydroxylation is 1. The molecule has 2 aromatic rings. The Labute approximate surface area is 195 Å². The van der Waals surface area contributed by atoms with Gasteiger partial charge in [-0.05, 0) is 55.8 Å². The second-order valence-corrected chi connectivity index (χ2v) is 8.60. The number of ether oxygens (including phenoxy) is 1. The van der Waals surface area contributed by atoms with Crippen LogP contribution in [0.5, 0.6) is 5.75 Å². The van der Waals surface area contributed by atoms with Crippen molar-refractivity contribution >= 4 is 41.1 Å². The zero-order valence-electron chi connectivity index (χ0n) is 18.7. The highest BCUT2D eigenvalue weighted by atomic mass is 19.1. The van der Waals surface area contributed by atoms with Gasteiger partial charge in [-0.3, -0.25) is 9.59 Å². The second-order valence-electron chi connectivity index (χ2n) is 8.60. The summed E-state index contributed by atoms with van der Waals surface area (Å²) >= 11 is 0. The van der Waals surface area contributed by atoms with Gasteiger partial charge in [-0.1, -0.05) is 0 Å². The number of anilines is 3. The molecule has 0 spiro atoms. The number of hydrogen-bond acceptors (Lipinski definition) is 6. The lowest BCUT2D eigenvalue weighted by atomic mass is 9.99. The number of imide groups is 1. The van der Waals surface area contributed by atoms with Gasteiger partial charge in [0.2, 0.25) is 0 Å². The molecule has 5 rings (SSSR count). The van der Waals surface area contributed by atoms with Crippen LogP contribution in [-0.4, -0.2) is 68.3 Å². The number of carbonyl (C=O) groups excluding carboxylic acids is 3. The van der Waals surface area contributed by atoms with Gasteiger partial charge in [-0.2, -0.15) is 4.99 Å². The van der Waals surface area contributed by atoms with Crippen molar-refractivity contribution in [1.29, 1.82) is 0 Å². The molecule has 2 aromatic carbocycles. The number of nitrogens with one attached hydrogen (secondary N) is 1. The van der Waals surface area contributed by atoms with Crippen molar-refractivity contribution in [3.63, 3.8) is 0 Å². The Morgan fingerprint density at radius 1 is 1.12 bits per heavy atom. The van der Waals surface area contributed by atoms with Crippen LogP contribution in [0.15, 0.2) is 41.4 Å². The molecule has 3 aliphatic rings. The molecule has 0 aliphatic carbocycles. The molecule has 3 aliphatic heterocycles. The highest BCUT2D eigenvalue weighted by molar-refractivity contribution is 6.45. The standard InChI is InChI=1S/C24H24FN5O4/c1-28-8-10-29(11-9-28)19-13-16(25)12-15-2-7-20(34-22(15)19)23(32)27-17-3-5-18(6-4-17)30-21(31)14-26-24(30)33/h3-6,12-14,20H,2,7-11H2,1H3,(H,27,32). The number of rotatable bonds is 4. The third kappa shape index (κ3) is 4.24. The molecule has 34 heavy (non-hydrogen) atoms. The van der Waals surface area contributed by atoms with Gasteiger partial charge >= 0.3 is 6.03 Å². The topological polar surface area (TPSA) is 94.6 Å². The van der Waals surface area contributed by atoms with E-state index in [0.717, 1.165) is 42.9 Å². The third-order valence-corrected chi connectivity index (χ3v) is 6.27. The van der Waals surface area contributed by atoms with Crippen LogP contribution in [0.3, 0.4) is 0 Å². The summed E-state index contributed by atoms with van der Waals surface area (Å²) in [6.07, 6.45) is 1.21. The van der Waals surface area contributed by atoms with Gasteiger partial charge in [0.05, 0.1) is 17.6 Å². The zero-order chi connectivity index (χ0) is 23.8. The Kier molecular flexibility index (Phi) is 5.74. The van der Waals surface area contributed by atoms with E-state index in [1.54, 1.807) is 24.3 Å². The lowest BCUT2D eigenvalue weighted by molar-refractivity contribution is -0.123. The maximum absolute atomic E-state index is 14.3. The fourth-order valence-corrected chi connectivity index (χ4v) is 4.39. The summed E-state index contributed by atoms with van der Waals surface area (Å²) < 4.78 is 20.4. The summed E-state index contributed by atoms with van der Waals surface area (Å²) in [5.41, 5.74) is 2.32. The van der Waals surface area contributed by atoms with Gasteiger partial charge in [0.1, 0.15) is 11.6 Å². The van der Waals surface area contributed by atoms with Gasteiger partial charge in [-0.15, -0.1) is 0 Å². The van der Waals surface area contributed by atoms with Crippen LogP contribution in [0.4, 0.5) is 26.2 Å². The van der Waals surface area contributed by atoms with E-state index < -0.39 is 18.0 Å². The Hall–Kier alpha value is -3.79. The number of benzene rings is 2. The first-order valence-electron chi connectivity index (χ1n) is 11.1. The Morgan fingerprint density at radius 2 is 1.85 bits per heavy atom. The van der Waals surface area contributed by atoms with Crippen molar-refractivity contribution < 1.29 is 23.5 Å². The summed E-state index contributed by atoms with van der Waals surface area (Å²) in [4.78, 5) is 45.2. The Balaban J connectivity index is 1.29. The average Bonchev–Trinajstić information content (AvgIpc) is 3.17. The first kappa shape index (κ1) is 22.0. The Bertz CT molecular complexity index is 1160. The first-order chi connectivity index (χ1) is 16.4. The number of hydrogen-bond donors (Lipinski definition) is 1. The molecular formula is C24H24FN5O4. The van der Waals surface area contributed by atoms with Crippen molar-refractivity contribution in [2.45, 2.75) is 18.9 Å². The summed E-state index contributed by atoms with van der Waals surface area (Å²) in [6, 6.07) is 8.64. The summed E-state index contributed by atoms with van der Waals surface area (Å²) in [6.45, 7) is 3.25. The zero-order valence-corrected chi connectivity index (χ0v) is 18.7. The molecule has 3 heterocycles. The number of halogens is 1. The van der Waals surface area contributed by atoms with Crippen molar-refractivity contribution in [3.8, 4) is 5.75 Å². The molecule has 10 heteroatoms. The van der Waals surface area contributed by atoms with E-state index in [1.807, 2.05) is 0 Å². The molecule has 0 aromatic heterocycles. The fourth-order valence-electron chi connectivity index (χ4n) is 4.39. The molecule has 4 amide bonds. The molecule has 9 nitrogen and oxygen atoms in total. The van der Waals surface area contributed by atoms with E-state index in [0.29, 0.717) is 35.7 Å². The van der Waals surface area contributed by atoms with Crippen molar-refractivity contribution in [2.24, 2.45) is 4.99 Å². The van der Waals surface area contributed by atoms with E-state index in [2.05, 4.69) is 27.2 Å². The van der Waals surface area contributed by atoms with E-state index in [1.165, 1.54) is 12.1 Å². The molecule has 1 saturated heterocycles. The van der Waals surface area contributed by atoms with Gasteiger partial charge < -0.3 is 19.9 Å². The number of fused-ring (bicyclic) bond motifs is 1. The van der Waals surface area contributed by atoms with Crippen LogP contribution >= 0.6 is 0 Å². The van der Waals surface area contributed by atoms with E-state index in [9.17, 15) is 18.8 Å². The third-order valence-electron chi connectivity index (χ3n) is 6.27. The van der Waals surface area contributed by atoms with Crippen LogP contribution < -0.4 is 19.9 Å². The largest absolute Gasteiger partial charge is 0.478 e. The molecule has 1 atom stereocenters. The lowest BCUT2D eigenvalue weighted by Gasteiger charge is -2.37. The smallest absolute Gasteiger partial charge is 0.355 e. The fraction of sp³-hybridized carbons (Fsp3) is 0.333. The van der Waals surface area contributed by atoms with Gasteiger partial charge in [-0.25, -0.2) is 14.1 Å². The van der Waals surface area contributed by atoms with Crippen molar-refractivity contribution in [1.82, 2.24) is 4.90 Å². The molecule has 1 N–H and O–H groups in total. The van der Waals surface area contributed by atoms with Crippen molar-refractivity contribution in [2.75, 3.05) is 48.3 Å². The van der Waals surface area contributed by atoms with E-state index in [-0.39, 0.29) is 11.7 Å². The minimum atomic E-state index is -0.723. The predicted octanol–water partition coefficient (Wildman–Crippen LogP) is 2.45. The summed E-state index contributed by atoms with van der Waals surface area (Å²) in [5.74, 6) is -0.564. The quantitative estimate of drug-likeness (QED) is 0.746. The highest BCUT2D eigenvalue weighted by Crippen LogP contribution is 2.39. The minimum absolute atomic E-state index is 0.306. The number of carbonyl (C=O) groups is 3. The Morgan fingerprint density at radius 3 is 2.53 bits per heavy atom.